The topological polar surface area (TPSA) is 61.8 Å². The molecule has 0 heterocycles. The SMILES string of the molecule is O=C(CCCOc1ccc(Cl)cc1)Oc1ccc(C(=O)OCc2ccccc2)cc1. The molecule has 0 aromatic heterocycles. The molecule has 0 saturated carbocycles. The molecular formula is C24H21ClO5. The molecule has 0 aliphatic rings. The van der Waals surface area contributed by atoms with Gasteiger partial charge in [-0.1, -0.05) is 41.9 Å². The molecule has 0 fully saturated rings. The van der Waals surface area contributed by atoms with E-state index in [9.17, 15) is 9.59 Å². The molecular weight excluding hydrogens is 404 g/mol. The zero-order valence-corrected chi connectivity index (χ0v) is 17.0. The molecule has 30 heavy (non-hydrogen) atoms. The average Bonchev–Trinajstić information content (AvgIpc) is 2.77. The van der Waals surface area contributed by atoms with Crippen LogP contribution in [0.25, 0.3) is 0 Å². The van der Waals surface area contributed by atoms with Gasteiger partial charge in [0.2, 0.25) is 0 Å². The van der Waals surface area contributed by atoms with Gasteiger partial charge in [-0.05, 0) is 60.5 Å². The summed E-state index contributed by atoms with van der Waals surface area (Å²) in [5, 5.41) is 0.640. The third-order valence-corrected chi connectivity index (χ3v) is 4.39. The number of esters is 2. The first-order chi connectivity index (χ1) is 14.6. The van der Waals surface area contributed by atoms with Crippen molar-refractivity contribution in [3.05, 3.63) is 95.0 Å². The van der Waals surface area contributed by atoms with E-state index in [2.05, 4.69) is 0 Å². The van der Waals surface area contributed by atoms with Crippen LogP contribution in [0.5, 0.6) is 11.5 Å². The zero-order chi connectivity index (χ0) is 21.2. The molecule has 0 atom stereocenters. The average molecular weight is 425 g/mol. The Balaban J connectivity index is 1.38. The molecule has 0 N–H and O–H groups in total. The van der Waals surface area contributed by atoms with E-state index < -0.39 is 5.97 Å². The third kappa shape index (κ3) is 6.94. The molecule has 0 aliphatic carbocycles. The Hall–Kier alpha value is -3.31. The Morgan fingerprint density at radius 1 is 0.800 bits per heavy atom. The van der Waals surface area contributed by atoms with Crippen molar-refractivity contribution in [1.82, 2.24) is 0 Å². The van der Waals surface area contributed by atoms with Crippen LogP contribution < -0.4 is 9.47 Å². The first-order valence-electron chi connectivity index (χ1n) is 9.50. The van der Waals surface area contributed by atoms with Crippen LogP contribution in [0.3, 0.4) is 0 Å². The summed E-state index contributed by atoms with van der Waals surface area (Å²) in [6, 6.07) is 22.7. The maximum Gasteiger partial charge on any atom is 0.338 e. The molecule has 6 heteroatoms. The van der Waals surface area contributed by atoms with Crippen molar-refractivity contribution in [2.75, 3.05) is 6.61 Å². The summed E-state index contributed by atoms with van der Waals surface area (Å²) in [4.78, 5) is 24.1. The van der Waals surface area contributed by atoms with E-state index in [1.54, 1.807) is 48.5 Å². The quantitative estimate of drug-likeness (QED) is 0.259. The van der Waals surface area contributed by atoms with Crippen molar-refractivity contribution >= 4 is 23.5 Å². The summed E-state index contributed by atoms with van der Waals surface area (Å²) in [5.74, 6) is 0.269. The second-order valence-corrected chi connectivity index (χ2v) is 6.90. The van der Waals surface area contributed by atoms with Gasteiger partial charge in [0.05, 0.1) is 12.2 Å². The van der Waals surface area contributed by atoms with Crippen LogP contribution in [-0.2, 0) is 16.1 Å². The number of carbonyl (C=O) groups excluding carboxylic acids is 2. The summed E-state index contributed by atoms with van der Waals surface area (Å²) in [5.41, 5.74) is 1.30. The summed E-state index contributed by atoms with van der Waals surface area (Å²) >= 11 is 5.82. The molecule has 0 unspecified atom stereocenters. The molecule has 3 rings (SSSR count). The third-order valence-electron chi connectivity index (χ3n) is 4.14. The number of hydrogen-bond donors (Lipinski definition) is 0. The fourth-order valence-electron chi connectivity index (χ4n) is 2.59. The van der Waals surface area contributed by atoms with Gasteiger partial charge in [-0.25, -0.2) is 4.79 Å². The first kappa shape index (κ1) is 21.4. The van der Waals surface area contributed by atoms with Gasteiger partial charge in [0, 0.05) is 11.4 Å². The predicted molar refractivity (Wildman–Crippen MR) is 114 cm³/mol. The Morgan fingerprint density at radius 3 is 2.17 bits per heavy atom. The van der Waals surface area contributed by atoms with Crippen molar-refractivity contribution in [3.63, 3.8) is 0 Å². The minimum absolute atomic E-state index is 0.203. The van der Waals surface area contributed by atoms with Gasteiger partial charge >= 0.3 is 11.9 Å². The predicted octanol–water partition coefficient (Wildman–Crippen LogP) is 5.46. The highest BCUT2D eigenvalue weighted by molar-refractivity contribution is 6.30. The maximum atomic E-state index is 12.1. The number of halogens is 1. The minimum atomic E-state index is -0.434. The lowest BCUT2D eigenvalue weighted by molar-refractivity contribution is -0.134. The van der Waals surface area contributed by atoms with Gasteiger partial charge in [-0.15, -0.1) is 0 Å². The number of hydrogen-bond acceptors (Lipinski definition) is 5. The lowest BCUT2D eigenvalue weighted by Gasteiger charge is -2.08. The molecule has 3 aromatic carbocycles. The molecule has 0 saturated heterocycles. The van der Waals surface area contributed by atoms with Crippen LogP contribution in [0.15, 0.2) is 78.9 Å². The van der Waals surface area contributed by atoms with Gasteiger partial charge in [-0.3, -0.25) is 4.79 Å². The van der Waals surface area contributed by atoms with Crippen LogP contribution in [0.2, 0.25) is 5.02 Å². The van der Waals surface area contributed by atoms with Crippen LogP contribution in [0, 0.1) is 0 Å². The van der Waals surface area contributed by atoms with E-state index in [4.69, 9.17) is 25.8 Å². The summed E-state index contributed by atoms with van der Waals surface area (Å²) in [7, 11) is 0. The van der Waals surface area contributed by atoms with Gasteiger partial charge < -0.3 is 14.2 Å². The van der Waals surface area contributed by atoms with Crippen molar-refractivity contribution in [2.24, 2.45) is 0 Å². The second kappa shape index (κ2) is 11.0. The van der Waals surface area contributed by atoms with E-state index in [1.807, 2.05) is 30.3 Å². The molecule has 154 valence electrons. The van der Waals surface area contributed by atoms with Gasteiger partial charge in [0.25, 0.3) is 0 Å². The van der Waals surface area contributed by atoms with E-state index in [0.717, 1.165) is 5.56 Å². The highest BCUT2D eigenvalue weighted by atomic mass is 35.5. The van der Waals surface area contributed by atoms with Crippen LogP contribution in [0.1, 0.15) is 28.8 Å². The Morgan fingerprint density at radius 2 is 1.47 bits per heavy atom. The lowest BCUT2D eigenvalue weighted by Crippen LogP contribution is -2.10. The molecule has 0 bridgehead atoms. The van der Waals surface area contributed by atoms with Crippen molar-refractivity contribution < 1.29 is 23.8 Å². The Bertz CT molecular complexity index is 953. The maximum absolute atomic E-state index is 12.1. The highest BCUT2D eigenvalue weighted by Gasteiger charge is 2.10. The fraction of sp³-hybridized carbons (Fsp3) is 0.167. The molecule has 5 nitrogen and oxygen atoms in total. The molecule has 0 amide bonds. The van der Waals surface area contributed by atoms with E-state index in [-0.39, 0.29) is 19.0 Å². The molecule has 0 aliphatic heterocycles. The van der Waals surface area contributed by atoms with Gasteiger partial charge in [0.1, 0.15) is 18.1 Å². The smallest absolute Gasteiger partial charge is 0.338 e. The Labute approximate surface area is 180 Å². The van der Waals surface area contributed by atoms with E-state index >= 15 is 0 Å². The Kier molecular flexibility index (Phi) is 7.86. The lowest BCUT2D eigenvalue weighted by atomic mass is 10.2. The number of carbonyl (C=O) groups is 2. The second-order valence-electron chi connectivity index (χ2n) is 6.47. The van der Waals surface area contributed by atoms with Crippen molar-refractivity contribution in [2.45, 2.75) is 19.4 Å². The van der Waals surface area contributed by atoms with Gasteiger partial charge in [0.15, 0.2) is 0 Å². The summed E-state index contributed by atoms with van der Waals surface area (Å²) in [6.45, 7) is 0.595. The fourth-order valence-corrected chi connectivity index (χ4v) is 2.71. The standard InChI is InChI=1S/C24H21ClO5/c25-20-10-14-21(15-11-20)28-16-4-7-23(26)30-22-12-8-19(9-13-22)24(27)29-17-18-5-2-1-3-6-18/h1-3,5-6,8-15H,4,7,16-17H2. The summed E-state index contributed by atoms with van der Waals surface area (Å²) in [6.07, 6.45) is 0.736. The monoisotopic (exact) mass is 424 g/mol. The van der Waals surface area contributed by atoms with Crippen LogP contribution in [-0.4, -0.2) is 18.5 Å². The van der Waals surface area contributed by atoms with Crippen LogP contribution in [0.4, 0.5) is 0 Å². The number of ether oxygens (including phenoxy) is 3. The minimum Gasteiger partial charge on any atom is -0.494 e. The molecule has 0 spiro atoms. The first-order valence-corrected chi connectivity index (χ1v) is 9.88. The van der Waals surface area contributed by atoms with Crippen molar-refractivity contribution in [3.8, 4) is 11.5 Å². The van der Waals surface area contributed by atoms with Gasteiger partial charge in [-0.2, -0.15) is 0 Å². The highest BCUT2D eigenvalue weighted by Crippen LogP contribution is 2.17. The van der Waals surface area contributed by atoms with Crippen molar-refractivity contribution in [1.29, 1.82) is 0 Å². The number of rotatable bonds is 9. The zero-order valence-electron chi connectivity index (χ0n) is 16.3. The normalized spacial score (nSPS) is 10.3. The summed E-state index contributed by atoms with van der Waals surface area (Å²) < 4.78 is 16.1. The largest absolute Gasteiger partial charge is 0.494 e. The van der Waals surface area contributed by atoms with E-state index in [1.165, 1.54) is 0 Å². The van der Waals surface area contributed by atoms with E-state index in [0.29, 0.717) is 35.1 Å². The molecule has 0 radical (unpaired) electrons. The van der Waals surface area contributed by atoms with Crippen LogP contribution >= 0.6 is 11.6 Å². The number of benzene rings is 3. The molecule has 3 aromatic rings.